The zero-order valence-electron chi connectivity index (χ0n) is 21.5. The van der Waals surface area contributed by atoms with Crippen LogP contribution in [0.3, 0.4) is 0 Å². The topological polar surface area (TPSA) is 126 Å². The van der Waals surface area contributed by atoms with Crippen molar-refractivity contribution in [1.82, 2.24) is 4.57 Å². The van der Waals surface area contributed by atoms with Crippen LogP contribution in [0.15, 0.2) is 61.9 Å². The number of aliphatic carboxylic acids is 1. The molecular formula is C27H25BrN2O8S. The van der Waals surface area contributed by atoms with Gasteiger partial charge in [0, 0.05) is 4.47 Å². The lowest BCUT2D eigenvalue weighted by molar-refractivity contribution is -0.140. The first kappa shape index (κ1) is 28.1. The molecule has 0 spiro atoms. The summed E-state index contributed by atoms with van der Waals surface area (Å²) < 4.78 is 23.9. The van der Waals surface area contributed by atoms with Gasteiger partial charge in [0.2, 0.25) is 0 Å². The molecule has 4 rings (SSSR count). The van der Waals surface area contributed by atoms with Gasteiger partial charge in [-0.1, -0.05) is 39.4 Å². The molecule has 0 radical (unpaired) electrons. The third-order valence-corrected chi connectivity index (χ3v) is 7.50. The van der Waals surface area contributed by atoms with E-state index in [1.807, 2.05) is 0 Å². The van der Waals surface area contributed by atoms with Gasteiger partial charge in [0.05, 0.1) is 42.7 Å². The Morgan fingerprint density at radius 2 is 1.90 bits per heavy atom. The Bertz CT molecular complexity index is 1660. The number of nitrogens with zero attached hydrogens (tertiary/aromatic N) is 2. The van der Waals surface area contributed by atoms with E-state index < -0.39 is 24.6 Å². The zero-order chi connectivity index (χ0) is 28.3. The second-order valence-corrected chi connectivity index (χ2v) is 10.1. The predicted molar refractivity (Wildman–Crippen MR) is 147 cm³/mol. The van der Waals surface area contributed by atoms with Crippen molar-refractivity contribution < 1.29 is 33.6 Å². The highest BCUT2D eigenvalue weighted by molar-refractivity contribution is 9.10. The number of fused-ring (bicyclic) bond motifs is 1. The van der Waals surface area contributed by atoms with E-state index in [-0.39, 0.29) is 17.7 Å². The summed E-state index contributed by atoms with van der Waals surface area (Å²) >= 11 is 4.75. The molecule has 1 aromatic heterocycles. The number of hydrogen-bond acceptors (Lipinski definition) is 9. The minimum Gasteiger partial charge on any atom is -0.493 e. The molecule has 0 amide bonds. The standard InChI is InChI=1S/C27H25BrN2O8S/c1-5-37-26(34)23-14(2)29-27-30(24(23)17-11-19(35-3)20(36-4)12-18(17)28)25(33)21(39-27)10-15-7-6-8-16(9-15)38-13-22(31)32/h6-12,24H,5,13H2,1-4H3,(H,31,32)/b21-10-/t24-/m0/s1. The summed E-state index contributed by atoms with van der Waals surface area (Å²) in [5.41, 5.74) is 1.51. The lowest BCUT2D eigenvalue weighted by Gasteiger charge is -2.26. The van der Waals surface area contributed by atoms with Crippen LogP contribution in [0.25, 0.3) is 6.08 Å². The number of thiazole rings is 1. The lowest BCUT2D eigenvalue weighted by Crippen LogP contribution is -2.40. The molecule has 1 N–H and O–H groups in total. The minimum absolute atomic E-state index is 0.153. The molecule has 1 atom stereocenters. The lowest BCUT2D eigenvalue weighted by atomic mass is 9.95. The number of carbonyl (C=O) groups is 2. The van der Waals surface area contributed by atoms with Crippen LogP contribution >= 0.6 is 27.3 Å². The van der Waals surface area contributed by atoms with E-state index in [2.05, 4.69) is 20.9 Å². The number of methoxy groups -OCH3 is 2. The van der Waals surface area contributed by atoms with Gasteiger partial charge in [-0.2, -0.15) is 0 Å². The molecule has 12 heteroatoms. The predicted octanol–water partition coefficient (Wildman–Crippen LogP) is 3.04. The van der Waals surface area contributed by atoms with Gasteiger partial charge in [-0.25, -0.2) is 14.6 Å². The maximum Gasteiger partial charge on any atom is 0.341 e. The second kappa shape index (κ2) is 11.9. The van der Waals surface area contributed by atoms with E-state index in [0.29, 0.717) is 47.9 Å². The number of esters is 1. The molecule has 3 aromatic rings. The number of carboxylic acids is 1. The van der Waals surface area contributed by atoms with Crippen molar-refractivity contribution in [1.29, 1.82) is 0 Å². The van der Waals surface area contributed by atoms with E-state index >= 15 is 0 Å². The number of aromatic nitrogens is 1. The van der Waals surface area contributed by atoms with Gasteiger partial charge in [-0.05, 0) is 55.3 Å². The van der Waals surface area contributed by atoms with Crippen LogP contribution in [0.2, 0.25) is 0 Å². The summed E-state index contributed by atoms with van der Waals surface area (Å²) in [5, 5.41) is 8.88. The van der Waals surface area contributed by atoms with Crippen molar-refractivity contribution in [2.45, 2.75) is 19.9 Å². The Labute approximate surface area is 235 Å². The molecule has 2 aromatic carbocycles. The molecule has 204 valence electrons. The van der Waals surface area contributed by atoms with Crippen molar-refractivity contribution in [2.75, 3.05) is 27.4 Å². The Hall–Kier alpha value is -3.90. The maximum absolute atomic E-state index is 13.9. The highest BCUT2D eigenvalue weighted by Gasteiger charge is 2.35. The van der Waals surface area contributed by atoms with Gasteiger partial charge >= 0.3 is 11.9 Å². The first-order valence-corrected chi connectivity index (χ1v) is 13.3. The van der Waals surface area contributed by atoms with Gasteiger partial charge in [0.1, 0.15) is 5.75 Å². The van der Waals surface area contributed by atoms with E-state index in [1.54, 1.807) is 56.3 Å². The Morgan fingerprint density at radius 1 is 1.18 bits per heavy atom. The van der Waals surface area contributed by atoms with Gasteiger partial charge in [-0.3, -0.25) is 9.36 Å². The van der Waals surface area contributed by atoms with Crippen LogP contribution in [0.5, 0.6) is 17.2 Å². The number of hydrogen-bond donors (Lipinski definition) is 1. The number of halogens is 1. The summed E-state index contributed by atoms with van der Waals surface area (Å²) in [6, 6.07) is 9.30. The van der Waals surface area contributed by atoms with E-state index in [4.69, 9.17) is 24.1 Å². The zero-order valence-corrected chi connectivity index (χ0v) is 23.9. The van der Waals surface area contributed by atoms with Gasteiger partial charge in [0.25, 0.3) is 5.56 Å². The van der Waals surface area contributed by atoms with Crippen molar-refractivity contribution in [3.63, 3.8) is 0 Å². The van der Waals surface area contributed by atoms with Crippen LogP contribution in [-0.2, 0) is 14.3 Å². The molecule has 39 heavy (non-hydrogen) atoms. The number of allylic oxidation sites excluding steroid dienone is 1. The first-order chi connectivity index (χ1) is 18.7. The smallest absolute Gasteiger partial charge is 0.341 e. The van der Waals surface area contributed by atoms with Crippen molar-refractivity contribution in [3.05, 3.63) is 83.0 Å². The van der Waals surface area contributed by atoms with Gasteiger partial charge in [-0.15, -0.1) is 0 Å². The van der Waals surface area contributed by atoms with E-state index in [9.17, 15) is 14.4 Å². The molecule has 0 unspecified atom stereocenters. The third-order valence-electron chi connectivity index (χ3n) is 5.83. The molecule has 2 heterocycles. The van der Waals surface area contributed by atoms with E-state index in [1.165, 1.54) is 30.1 Å². The van der Waals surface area contributed by atoms with Gasteiger partial charge < -0.3 is 24.1 Å². The number of benzene rings is 2. The summed E-state index contributed by atoms with van der Waals surface area (Å²) in [7, 11) is 3.02. The molecule has 0 aliphatic carbocycles. The normalized spacial score (nSPS) is 14.9. The van der Waals surface area contributed by atoms with Crippen molar-refractivity contribution in [2.24, 2.45) is 4.99 Å². The van der Waals surface area contributed by atoms with Crippen molar-refractivity contribution >= 4 is 45.3 Å². The fourth-order valence-electron chi connectivity index (χ4n) is 4.16. The van der Waals surface area contributed by atoms with Crippen molar-refractivity contribution in [3.8, 4) is 17.2 Å². The molecule has 0 saturated carbocycles. The van der Waals surface area contributed by atoms with E-state index in [0.717, 1.165) is 0 Å². The number of carbonyl (C=O) groups excluding carboxylic acids is 1. The second-order valence-electron chi connectivity index (χ2n) is 8.29. The fourth-order valence-corrected chi connectivity index (χ4v) is 5.74. The third kappa shape index (κ3) is 5.76. The molecule has 1 aliphatic rings. The monoisotopic (exact) mass is 616 g/mol. The molecule has 10 nitrogen and oxygen atoms in total. The summed E-state index contributed by atoms with van der Waals surface area (Å²) in [4.78, 5) is 42.9. The molecular weight excluding hydrogens is 592 g/mol. The Balaban J connectivity index is 1.93. The minimum atomic E-state index is -1.09. The van der Waals surface area contributed by atoms with Crippen LogP contribution < -0.4 is 29.1 Å². The molecule has 0 bridgehead atoms. The quantitative estimate of drug-likeness (QED) is 0.364. The maximum atomic E-state index is 13.9. The Morgan fingerprint density at radius 3 is 2.56 bits per heavy atom. The largest absolute Gasteiger partial charge is 0.493 e. The fraction of sp³-hybridized carbons (Fsp3) is 0.259. The van der Waals surface area contributed by atoms with Crippen LogP contribution in [0, 0.1) is 0 Å². The Kier molecular flexibility index (Phi) is 8.56. The van der Waals surface area contributed by atoms with Crippen LogP contribution in [0.1, 0.15) is 31.0 Å². The molecule has 1 aliphatic heterocycles. The molecule has 0 saturated heterocycles. The summed E-state index contributed by atoms with van der Waals surface area (Å²) in [6.07, 6.45) is 1.67. The SMILES string of the molecule is CCOC(=O)C1=C(C)N=c2s/c(=C\c3cccc(OCC(=O)O)c3)c(=O)n2[C@H]1c1cc(OC)c(OC)cc1Br. The number of carboxylic acid groups (broad SMARTS) is 1. The van der Waals surface area contributed by atoms with Crippen LogP contribution in [0.4, 0.5) is 0 Å². The van der Waals surface area contributed by atoms with Crippen LogP contribution in [-0.4, -0.2) is 49.0 Å². The summed E-state index contributed by atoms with van der Waals surface area (Å²) in [5.74, 6) is -0.421. The first-order valence-electron chi connectivity index (χ1n) is 11.7. The summed E-state index contributed by atoms with van der Waals surface area (Å²) in [6.45, 7) is 3.08. The highest BCUT2D eigenvalue weighted by Crippen LogP contribution is 2.40. The average Bonchev–Trinajstić information content (AvgIpc) is 3.20. The number of ether oxygens (including phenoxy) is 4. The molecule has 0 fully saturated rings. The highest BCUT2D eigenvalue weighted by atomic mass is 79.9. The van der Waals surface area contributed by atoms with Gasteiger partial charge in [0.15, 0.2) is 22.9 Å². The number of rotatable bonds is 9. The average molecular weight is 617 g/mol.